The Morgan fingerprint density at radius 3 is 2.07 bits per heavy atom. The van der Waals surface area contributed by atoms with Gasteiger partial charge in [-0.1, -0.05) is 85.8 Å². The van der Waals surface area contributed by atoms with Crippen molar-refractivity contribution in [2.45, 2.75) is 89.2 Å². The highest BCUT2D eigenvalue weighted by atomic mass is 16.7. The van der Waals surface area contributed by atoms with E-state index in [4.69, 9.17) is 9.47 Å². The number of nitrogens with one attached hydrogen (secondary N) is 2. The molecule has 0 aromatic heterocycles. The summed E-state index contributed by atoms with van der Waals surface area (Å²) in [5.74, 6) is 2.52. The van der Waals surface area contributed by atoms with Crippen molar-refractivity contribution in [2.75, 3.05) is 13.6 Å². The molecule has 5 aliphatic rings. The van der Waals surface area contributed by atoms with Gasteiger partial charge in [0.15, 0.2) is 6.29 Å². The van der Waals surface area contributed by atoms with E-state index in [2.05, 4.69) is 90.2 Å². The minimum Gasteiger partial charge on any atom is -0.392 e. The van der Waals surface area contributed by atoms with Gasteiger partial charge in [0.2, 0.25) is 0 Å². The van der Waals surface area contributed by atoms with Crippen LogP contribution in [-0.4, -0.2) is 41.3 Å². The molecule has 4 saturated carbocycles. The molecule has 3 aromatic rings. The van der Waals surface area contributed by atoms with E-state index in [0.717, 1.165) is 72.4 Å². The molecule has 0 spiro atoms. The number of hydrogen-bond donors (Lipinski definition) is 3. The average Bonchev–Trinajstić information content (AvgIpc) is 3.05. The summed E-state index contributed by atoms with van der Waals surface area (Å²) in [7, 11) is 2.14. The Morgan fingerprint density at radius 1 is 0.826 bits per heavy atom. The molecule has 1 aliphatic heterocycles. The Labute approximate surface area is 273 Å². The molecule has 7 nitrogen and oxygen atoms in total. The van der Waals surface area contributed by atoms with Crippen molar-refractivity contribution in [2.24, 2.45) is 23.7 Å². The molecule has 1 heterocycles. The van der Waals surface area contributed by atoms with Gasteiger partial charge in [-0.15, -0.1) is 0 Å². The summed E-state index contributed by atoms with van der Waals surface area (Å²) >= 11 is 0. The zero-order valence-electron chi connectivity index (χ0n) is 27.2. The van der Waals surface area contributed by atoms with Crippen molar-refractivity contribution in [1.29, 1.82) is 0 Å². The van der Waals surface area contributed by atoms with Crippen LogP contribution in [0.4, 0.5) is 4.79 Å². The van der Waals surface area contributed by atoms with Crippen LogP contribution in [0.5, 0.6) is 0 Å². The van der Waals surface area contributed by atoms with Crippen LogP contribution in [0, 0.1) is 23.7 Å². The SMILES string of the molecule is C[C@H]1[C@@H](CN(C)Cc2ccccc2)O[C@@H](c2ccc(CNC(=O)NC34CC5CC(CC(C5)C3)C4)cc2)O[C@H]1c1ccc(CO)cc1. The minimum absolute atomic E-state index is 0.0101. The van der Waals surface area contributed by atoms with Crippen LogP contribution in [0.2, 0.25) is 0 Å². The molecular formula is C39H49N3O4. The summed E-state index contributed by atoms with van der Waals surface area (Å²) in [6.45, 7) is 4.31. The third-order valence-electron chi connectivity index (χ3n) is 11.0. The number of nitrogens with zero attached hydrogens (tertiary/aromatic N) is 1. The monoisotopic (exact) mass is 623 g/mol. The van der Waals surface area contributed by atoms with E-state index in [1.54, 1.807) is 0 Å². The number of ether oxygens (including phenoxy) is 2. The summed E-state index contributed by atoms with van der Waals surface area (Å²) in [6.07, 6.45) is 6.82. The number of carbonyl (C=O) groups excluding carboxylic acids is 1. The third kappa shape index (κ3) is 7.03. The highest BCUT2D eigenvalue weighted by Crippen LogP contribution is 2.55. The molecule has 2 amide bonds. The number of aliphatic hydroxyl groups is 1. The maximum absolute atomic E-state index is 13.0. The molecule has 0 unspecified atom stereocenters. The van der Waals surface area contributed by atoms with Gasteiger partial charge < -0.3 is 25.2 Å². The quantitative estimate of drug-likeness (QED) is 0.230. The van der Waals surface area contributed by atoms with E-state index < -0.39 is 6.29 Å². The lowest BCUT2D eigenvalue weighted by molar-refractivity contribution is -0.276. The van der Waals surface area contributed by atoms with Crippen LogP contribution >= 0.6 is 0 Å². The van der Waals surface area contributed by atoms with Crippen molar-refractivity contribution < 1.29 is 19.4 Å². The zero-order chi connectivity index (χ0) is 31.7. The highest BCUT2D eigenvalue weighted by molar-refractivity contribution is 5.75. The van der Waals surface area contributed by atoms with Crippen LogP contribution in [0.25, 0.3) is 0 Å². The fourth-order valence-electron chi connectivity index (χ4n) is 9.12. The molecule has 46 heavy (non-hydrogen) atoms. The van der Waals surface area contributed by atoms with Gasteiger partial charge >= 0.3 is 6.03 Å². The van der Waals surface area contributed by atoms with Gasteiger partial charge in [0.1, 0.15) is 0 Å². The number of urea groups is 1. The Kier molecular flexibility index (Phi) is 9.19. The second-order valence-corrected chi connectivity index (χ2v) is 14.8. The van der Waals surface area contributed by atoms with Crippen LogP contribution < -0.4 is 10.6 Å². The largest absolute Gasteiger partial charge is 0.392 e. The number of hydrogen-bond acceptors (Lipinski definition) is 5. The molecule has 5 fully saturated rings. The second kappa shape index (κ2) is 13.5. The zero-order valence-corrected chi connectivity index (χ0v) is 27.2. The maximum Gasteiger partial charge on any atom is 0.315 e. The van der Waals surface area contributed by atoms with Crippen LogP contribution in [0.15, 0.2) is 78.9 Å². The van der Waals surface area contributed by atoms with Gasteiger partial charge in [0, 0.05) is 36.7 Å². The van der Waals surface area contributed by atoms with Gasteiger partial charge in [-0.3, -0.25) is 4.90 Å². The van der Waals surface area contributed by atoms with E-state index in [-0.39, 0.29) is 36.3 Å². The standard InChI is InChI=1S/C39H49N3O4/c1-26-35(24-42(2)23-28-6-4-3-5-7-28)45-37(46-36(26)33-12-10-29(25-43)11-13-33)34-14-8-27(9-15-34)22-40-38(44)41-39-19-30-16-31(20-39)18-32(17-30)21-39/h3-15,26,30-32,35-37,43H,16-25H2,1-2H3,(H2,40,41,44)/t26-,30?,31?,32?,35+,36+,37+,39?/m0/s1. The Balaban J connectivity index is 1.00. The second-order valence-electron chi connectivity index (χ2n) is 14.8. The number of benzene rings is 3. The van der Waals surface area contributed by atoms with Crippen molar-refractivity contribution in [3.05, 3.63) is 107 Å². The van der Waals surface area contributed by atoms with Crippen LogP contribution in [0.1, 0.15) is 85.7 Å². The van der Waals surface area contributed by atoms with Gasteiger partial charge in [0.05, 0.1) is 18.8 Å². The van der Waals surface area contributed by atoms with Crippen molar-refractivity contribution >= 4 is 6.03 Å². The van der Waals surface area contributed by atoms with Crippen molar-refractivity contribution in [3.63, 3.8) is 0 Å². The van der Waals surface area contributed by atoms with E-state index in [1.807, 2.05) is 18.2 Å². The molecule has 0 radical (unpaired) electrons. The first-order valence-electron chi connectivity index (χ1n) is 17.2. The molecule has 8 rings (SSSR count). The summed E-state index contributed by atoms with van der Waals surface area (Å²) < 4.78 is 13.3. The molecule has 7 heteroatoms. The highest BCUT2D eigenvalue weighted by Gasteiger charge is 2.51. The normalized spacial score (nSPS) is 31.6. The van der Waals surface area contributed by atoms with Crippen molar-refractivity contribution in [1.82, 2.24) is 15.5 Å². The lowest BCUT2D eigenvalue weighted by Gasteiger charge is -2.56. The molecule has 4 atom stereocenters. The maximum atomic E-state index is 13.0. The Morgan fingerprint density at radius 2 is 1.43 bits per heavy atom. The summed E-state index contributed by atoms with van der Waals surface area (Å²) in [5.41, 5.74) is 5.25. The molecule has 4 aliphatic carbocycles. The van der Waals surface area contributed by atoms with Crippen LogP contribution in [0.3, 0.4) is 0 Å². The third-order valence-corrected chi connectivity index (χ3v) is 11.0. The van der Waals surface area contributed by atoms with Gasteiger partial charge in [-0.2, -0.15) is 0 Å². The minimum atomic E-state index is -0.518. The van der Waals surface area contributed by atoms with E-state index >= 15 is 0 Å². The number of rotatable bonds is 10. The Bertz CT molecular complexity index is 1430. The van der Waals surface area contributed by atoms with E-state index in [0.29, 0.717) is 6.54 Å². The molecular weight excluding hydrogens is 574 g/mol. The number of amides is 2. The average molecular weight is 624 g/mol. The van der Waals surface area contributed by atoms with Gasteiger partial charge in [0.25, 0.3) is 0 Å². The fraction of sp³-hybridized carbons (Fsp3) is 0.513. The number of likely N-dealkylation sites (N-methyl/N-ethyl adjacent to an activating group) is 1. The molecule has 1 saturated heterocycles. The summed E-state index contributed by atoms with van der Waals surface area (Å²) in [5, 5.41) is 16.1. The Hall–Kier alpha value is -3.23. The van der Waals surface area contributed by atoms with Gasteiger partial charge in [-0.05, 0) is 85.6 Å². The topological polar surface area (TPSA) is 83.1 Å². The number of carbonyl (C=O) groups is 1. The molecule has 3 N–H and O–H groups in total. The predicted octanol–water partition coefficient (Wildman–Crippen LogP) is 6.87. The van der Waals surface area contributed by atoms with Crippen molar-refractivity contribution in [3.8, 4) is 0 Å². The van der Waals surface area contributed by atoms with Gasteiger partial charge in [-0.25, -0.2) is 4.79 Å². The lowest BCUT2D eigenvalue weighted by atomic mass is 9.53. The predicted molar refractivity (Wildman–Crippen MR) is 178 cm³/mol. The molecule has 244 valence electrons. The summed E-state index contributed by atoms with van der Waals surface area (Å²) in [6, 6.07) is 26.8. The first-order chi connectivity index (χ1) is 22.3. The lowest BCUT2D eigenvalue weighted by Crippen LogP contribution is -2.61. The number of aliphatic hydroxyl groups excluding tert-OH is 1. The molecule has 3 aromatic carbocycles. The first-order valence-corrected chi connectivity index (χ1v) is 17.2. The van der Waals surface area contributed by atoms with E-state index in [1.165, 1.54) is 24.8 Å². The first kappa shape index (κ1) is 31.4. The smallest absolute Gasteiger partial charge is 0.315 e. The molecule has 4 bridgehead atoms. The van der Waals surface area contributed by atoms with E-state index in [9.17, 15) is 9.90 Å². The van der Waals surface area contributed by atoms with Crippen LogP contribution in [-0.2, 0) is 29.2 Å². The fourth-order valence-corrected chi connectivity index (χ4v) is 9.12. The summed E-state index contributed by atoms with van der Waals surface area (Å²) in [4.78, 5) is 15.3.